The summed E-state index contributed by atoms with van der Waals surface area (Å²) in [5.74, 6) is 0. The zero-order chi connectivity index (χ0) is 19.0. The molecule has 2 heterocycles. The van der Waals surface area contributed by atoms with Crippen LogP contribution in [0.1, 0.15) is 47.5 Å². The summed E-state index contributed by atoms with van der Waals surface area (Å²) in [6.07, 6.45) is 0.710. The minimum atomic E-state index is 0.710. The van der Waals surface area contributed by atoms with Gasteiger partial charge in [0.1, 0.15) is 0 Å². The predicted molar refractivity (Wildman–Crippen MR) is 107 cm³/mol. The molecule has 26 heavy (non-hydrogen) atoms. The summed E-state index contributed by atoms with van der Waals surface area (Å²) in [6, 6.07) is 8.69. The lowest BCUT2D eigenvalue weighted by atomic mass is 9.93. The van der Waals surface area contributed by atoms with Crippen molar-refractivity contribution in [2.24, 2.45) is 4.99 Å². The predicted octanol–water partition coefficient (Wildman–Crippen LogP) is 4.50. The number of nitrogens with one attached hydrogen (secondary N) is 2. The topological polar surface area (TPSA) is 57.2 Å². The van der Waals surface area contributed by atoms with Gasteiger partial charge in [0.2, 0.25) is 6.41 Å². The third-order valence-corrected chi connectivity index (χ3v) is 4.72. The SMILES string of the molecule is CC1=NC(=C(c2cc(C)cc(C)c2)c2[nH]c(C)cc2C)C(C)=C1NC=O. The van der Waals surface area contributed by atoms with Crippen LogP contribution in [0.4, 0.5) is 0 Å². The van der Waals surface area contributed by atoms with Crippen LogP contribution in [-0.4, -0.2) is 17.1 Å². The number of nitrogens with zero attached hydrogens (tertiary/aromatic N) is 1. The fraction of sp³-hybridized carbons (Fsp3) is 0.273. The maximum absolute atomic E-state index is 11.0. The van der Waals surface area contributed by atoms with Crippen molar-refractivity contribution in [2.75, 3.05) is 0 Å². The van der Waals surface area contributed by atoms with Gasteiger partial charge in [-0.2, -0.15) is 0 Å². The number of carbonyl (C=O) groups is 1. The molecule has 1 amide bonds. The number of hydrogen-bond donors (Lipinski definition) is 2. The highest BCUT2D eigenvalue weighted by molar-refractivity contribution is 6.06. The zero-order valence-electron chi connectivity index (χ0n) is 16.2. The van der Waals surface area contributed by atoms with Gasteiger partial charge in [-0.3, -0.25) is 9.79 Å². The quantitative estimate of drug-likeness (QED) is 0.786. The number of hydrogen-bond acceptors (Lipinski definition) is 2. The van der Waals surface area contributed by atoms with Gasteiger partial charge in [-0.1, -0.05) is 29.3 Å². The van der Waals surface area contributed by atoms with E-state index in [0.29, 0.717) is 6.41 Å². The molecule has 4 nitrogen and oxygen atoms in total. The van der Waals surface area contributed by atoms with E-state index in [0.717, 1.165) is 45.2 Å². The maximum atomic E-state index is 11.0. The van der Waals surface area contributed by atoms with Crippen molar-refractivity contribution >= 4 is 17.7 Å². The van der Waals surface area contributed by atoms with Crippen LogP contribution in [0.15, 0.2) is 46.2 Å². The van der Waals surface area contributed by atoms with Crippen molar-refractivity contribution < 1.29 is 4.79 Å². The first-order valence-electron chi connectivity index (χ1n) is 8.78. The third-order valence-electron chi connectivity index (χ3n) is 4.72. The summed E-state index contributed by atoms with van der Waals surface area (Å²) in [5, 5.41) is 2.80. The van der Waals surface area contributed by atoms with Gasteiger partial charge in [-0.15, -0.1) is 0 Å². The maximum Gasteiger partial charge on any atom is 0.211 e. The van der Waals surface area contributed by atoms with E-state index in [-0.39, 0.29) is 0 Å². The van der Waals surface area contributed by atoms with Gasteiger partial charge in [0.15, 0.2) is 0 Å². The summed E-state index contributed by atoms with van der Waals surface area (Å²) in [7, 11) is 0. The Morgan fingerprint density at radius 3 is 2.19 bits per heavy atom. The number of H-pyrrole nitrogens is 1. The molecule has 0 saturated heterocycles. The molecule has 0 atom stereocenters. The van der Waals surface area contributed by atoms with Crippen LogP contribution in [-0.2, 0) is 4.79 Å². The molecule has 1 aromatic heterocycles. The summed E-state index contributed by atoms with van der Waals surface area (Å²) in [4.78, 5) is 19.3. The second-order valence-corrected chi connectivity index (χ2v) is 7.07. The lowest BCUT2D eigenvalue weighted by Gasteiger charge is -2.14. The summed E-state index contributed by atoms with van der Waals surface area (Å²) in [6.45, 7) is 12.3. The Kier molecular flexibility index (Phi) is 4.68. The van der Waals surface area contributed by atoms with E-state index in [4.69, 9.17) is 4.99 Å². The van der Waals surface area contributed by atoms with Crippen molar-refractivity contribution in [3.63, 3.8) is 0 Å². The Bertz CT molecular complexity index is 967. The van der Waals surface area contributed by atoms with E-state index < -0.39 is 0 Å². The zero-order valence-corrected chi connectivity index (χ0v) is 16.2. The number of aryl methyl sites for hydroxylation is 4. The van der Waals surface area contributed by atoms with Gasteiger partial charge in [0.05, 0.1) is 22.8 Å². The number of aromatic amines is 1. The van der Waals surface area contributed by atoms with Crippen LogP contribution < -0.4 is 5.32 Å². The normalized spacial score (nSPS) is 16.0. The minimum Gasteiger partial charge on any atom is -0.358 e. The number of allylic oxidation sites excluding steroid dienone is 2. The fourth-order valence-electron chi connectivity index (χ4n) is 3.72. The Balaban J connectivity index is 2.36. The number of aromatic nitrogens is 1. The summed E-state index contributed by atoms with van der Waals surface area (Å²) in [5.41, 5.74) is 11.5. The van der Waals surface area contributed by atoms with Crippen LogP contribution in [0.5, 0.6) is 0 Å². The number of rotatable bonds is 4. The highest BCUT2D eigenvalue weighted by Crippen LogP contribution is 2.37. The van der Waals surface area contributed by atoms with Gasteiger partial charge < -0.3 is 10.3 Å². The van der Waals surface area contributed by atoms with Gasteiger partial charge in [0.25, 0.3) is 0 Å². The first kappa shape index (κ1) is 17.9. The molecule has 1 aromatic carbocycles. The second kappa shape index (κ2) is 6.79. The van der Waals surface area contributed by atoms with Gasteiger partial charge in [0, 0.05) is 16.8 Å². The Labute approximate surface area is 154 Å². The van der Waals surface area contributed by atoms with Crippen LogP contribution in [0.25, 0.3) is 5.57 Å². The molecule has 0 fully saturated rings. The number of aliphatic imine (C=N–C) groups is 1. The summed E-state index contributed by atoms with van der Waals surface area (Å²) < 4.78 is 0. The van der Waals surface area contributed by atoms with Gasteiger partial charge >= 0.3 is 0 Å². The first-order chi connectivity index (χ1) is 12.3. The molecule has 134 valence electrons. The highest BCUT2D eigenvalue weighted by Gasteiger charge is 2.24. The van der Waals surface area contributed by atoms with E-state index >= 15 is 0 Å². The highest BCUT2D eigenvalue weighted by atomic mass is 16.1. The molecule has 2 N–H and O–H groups in total. The molecule has 0 bridgehead atoms. The standard InChI is InChI=1S/C22H25N3O/c1-12-7-13(2)9-18(8-12)19(20-14(3)10-15(4)24-20)22-16(5)21(23-11-26)17(6)25-22/h7-11,24H,1-6H3,(H,23,26). The molecule has 2 aromatic rings. The molecule has 1 aliphatic heterocycles. The van der Waals surface area contributed by atoms with Gasteiger partial charge in [-0.05, 0) is 58.7 Å². The smallest absolute Gasteiger partial charge is 0.211 e. The van der Waals surface area contributed by atoms with Crippen LogP contribution >= 0.6 is 0 Å². The number of benzene rings is 1. The second-order valence-electron chi connectivity index (χ2n) is 7.07. The number of amides is 1. The minimum absolute atomic E-state index is 0.710. The average molecular weight is 347 g/mol. The third kappa shape index (κ3) is 3.15. The monoisotopic (exact) mass is 347 g/mol. The van der Waals surface area contributed by atoms with Crippen molar-refractivity contribution in [1.29, 1.82) is 0 Å². The van der Waals surface area contributed by atoms with E-state index in [9.17, 15) is 4.79 Å². The largest absolute Gasteiger partial charge is 0.358 e. The lowest BCUT2D eigenvalue weighted by Crippen LogP contribution is -2.15. The molecule has 0 spiro atoms. The van der Waals surface area contributed by atoms with Crippen LogP contribution in [0.3, 0.4) is 0 Å². The van der Waals surface area contributed by atoms with Crippen molar-refractivity contribution in [2.45, 2.75) is 41.5 Å². The molecule has 3 rings (SSSR count). The number of carbonyl (C=O) groups excluding carboxylic acids is 1. The fourth-order valence-corrected chi connectivity index (χ4v) is 3.72. The Morgan fingerprint density at radius 2 is 1.65 bits per heavy atom. The molecule has 0 radical (unpaired) electrons. The molecule has 0 saturated carbocycles. The van der Waals surface area contributed by atoms with Crippen molar-refractivity contribution in [3.05, 3.63) is 74.9 Å². The van der Waals surface area contributed by atoms with Crippen LogP contribution in [0.2, 0.25) is 0 Å². The molecular weight excluding hydrogens is 322 g/mol. The Hall–Kier alpha value is -2.88. The molecule has 1 aliphatic rings. The molecule has 0 aliphatic carbocycles. The molecule has 0 unspecified atom stereocenters. The Morgan fingerprint density at radius 1 is 1.00 bits per heavy atom. The van der Waals surface area contributed by atoms with Crippen molar-refractivity contribution in [3.8, 4) is 0 Å². The van der Waals surface area contributed by atoms with Crippen molar-refractivity contribution in [1.82, 2.24) is 10.3 Å². The van der Waals surface area contributed by atoms with E-state index in [1.165, 1.54) is 16.7 Å². The van der Waals surface area contributed by atoms with E-state index in [2.05, 4.69) is 62.3 Å². The van der Waals surface area contributed by atoms with Gasteiger partial charge in [-0.25, -0.2) is 0 Å². The average Bonchev–Trinajstić information content (AvgIpc) is 3.01. The first-order valence-corrected chi connectivity index (χ1v) is 8.78. The molecule has 4 heteroatoms. The van der Waals surface area contributed by atoms with E-state index in [1.54, 1.807) is 0 Å². The molecular formula is C22H25N3O. The van der Waals surface area contributed by atoms with E-state index in [1.807, 2.05) is 13.8 Å². The lowest BCUT2D eigenvalue weighted by molar-refractivity contribution is -0.108. The summed E-state index contributed by atoms with van der Waals surface area (Å²) >= 11 is 0. The van der Waals surface area contributed by atoms with Crippen LogP contribution in [0, 0.1) is 27.7 Å².